The number of rotatable bonds is 5. The smallest absolute Gasteiger partial charge is 0.246 e. The van der Waals surface area contributed by atoms with E-state index in [1.54, 1.807) is 29.1 Å². The zero-order chi connectivity index (χ0) is 15.0. The number of hydrogen-bond donors (Lipinski definition) is 1. The van der Waals surface area contributed by atoms with E-state index in [4.69, 9.17) is 4.42 Å². The second-order valence-electron chi connectivity index (χ2n) is 5.83. The van der Waals surface area contributed by atoms with Crippen molar-refractivity contribution in [1.29, 1.82) is 0 Å². The van der Waals surface area contributed by atoms with Gasteiger partial charge in [0.05, 0.1) is 6.54 Å². The van der Waals surface area contributed by atoms with Crippen molar-refractivity contribution < 1.29 is 12.8 Å². The van der Waals surface area contributed by atoms with E-state index in [1.807, 2.05) is 6.92 Å². The standard InChI is InChI=1S/C14H22N2O3S2/c1-10-9-20-6-5-16(10)21(17,18)14-7-13(19-11(14)2)8-15-12-3-4-12/h7,10,12,15H,3-6,8-9H2,1-2H3. The molecule has 1 N–H and O–H groups in total. The van der Waals surface area contributed by atoms with Crippen molar-refractivity contribution in [3.8, 4) is 0 Å². The predicted octanol–water partition coefficient (Wildman–Crippen LogP) is 1.97. The Hall–Kier alpha value is -0.500. The van der Waals surface area contributed by atoms with E-state index in [9.17, 15) is 8.42 Å². The first-order valence-electron chi connectivity index (χ1n) is 7.41. The summed E-state index contributed by atoms with van der Waals surface area (Å²) in [4.78, 5) is 0.328. The average Bonchev–Trinajstić information content (AvgIpc) is 3.19. The lowest BCUT2D eigenvalue weighted by Crippen LogP contribution is -2.44. The number of sulfonamides is 1. The van der Waals surface area contributed by atoms with Gasteiger partial charge in [-0.05, 0) is 26.7 Å². The summed E-state index contributed by atoms with van der Waals surface area (Å²) in [6, 6.07) is 2.31. The Morgan fingerprint density at radius 3 is 2.90 bits per heavy atom. The molecule has 1 aromatic rings. The lowest BCUT2D eigenvalue weighted by molar-refractivity contribution is 0.366. The van der Waals surface area contributed by atoms with Crippen molar-refractivity contribution in [2.24, 2.45) is 0 Å². The summed E-state index contributed by atoms with van der Waals surface area (Å²) in [5.74, 6) is 2.91. The van der Waals surface area contributed by atoms with E-state index >= 15 is 0 Å². The van der Waals surface area contributed by atoms with Crippen LogP contribution in [0.15, 0.2) is 15.4 Å². The Kier molecular flexibility index (Phi) is 4.36. The van der Waals surface area contributed by atoms with E-state index in [1.165, 1.54) is 12.8 Å². The highest BCUT2D eigenvalue weighted by molar-refractivity contribution is 7.99. The zero-order valence-electron chi connectivity index (χ0n) is 12.5. The maximum absolute atomic E-state index is 12.8. The molecule has 7 heteroatoms. The number of aryl methyl sites for hydroxylation is 1. The second kappa shape index (κ2) is 5.95. The Morgan fingerprint density at radius 1 is 1.48 bits per heavy atom. The highest BCUT2D eigenvalue weighted by Gasteiger charge is 2.34. The van der Waals surface area contributed by atoms with Gasteiger partial charge in [-0.15, -0.1) is 0 Å². The van der Waals surface area contributed by atoms with Crippen LogP contribution in [0.1, 0.15) is 31.3 Å². The van der Waals surface area contributed by atoms with Crippen LogP contribution in [0.25, 0.3) is 0 Å². The fourth-order valence-electron chi connectivity index (χ4n) is 2.60. The molecule has 1 unspecified atom stereocenters. The topological polar surface area (TPSA) is 62.6 Å². The molecule has 0 bridgehead atoms. The summed E-state index contributed by atoms with van der Waals surface area (Å²) in [5, 5.41) is 3.35. The molecular formula is C14H22N2O3S2. The normalized spacial score (nSPS) is 24.4. The maximum Gasteiger partial charge on any atom is 0.246 e. The number of thioether (sulfide) groups is 1. The van der Waals surface area contributed by atoms with Gasteiger partial charge in [0.15, 0.2) is 0 Å². The molecule has 5 nitrogen and oxygen atoms in total. The molecule has 1 saturated carbocycles. The largest absolute Gasteiger partial charge is 0.464 e. The van der Waals surface area contributed by atoms with Crippen molar-refractivity contribution in [3.63, 3.8) is 0 Å². The molecule has 1 aliphatic carbocycles. The molecule has 2 heterocycles. The minimum atomic E-state index is -3.45. The van der Waals surface area contributed by atoms with Crippen LogP contribution in [-0.2, 0) is 16.6 Å². The summed E-state index contributed by atoms with van der Waals surface area (Å²) >= 11 is 1.81. The predicted molar refractivity (Wildman–Crippen MR) is 84.0 cm³/mol. The third kappa shape index (κ3) is 3.31. The lowest BCUT2D eigenvalue weighted by atomic mass is 10.4. The maximum atomic E-state index is 12.8. The van der Waals surface area contributed by atoms with Crippen LogP contribution in [0, 0.1) is 6.92 Å². The van der Waals surface area contributed by atoms with Gasteiger partial charge < -0.3 is 9.73 Å². The molecular weight excluding hydrogens is 308 g/mol. The van der Waals surface area contributed by atoms with Gasteiger partial charge in [0.1, 0.15) is 16.4 Å². The third-order valence-corrected chi connectivity index (χ3v) is 7.27. The zero-order valence-corrected chi connectivity index (χ0v) is 14.1. The monoisotopic (exact) mass is 330 g/mol. The van der Waals surface area contributed by atoms with Crippen LogP contribution in [0.2, 0.25) is 0 Å². The second-order valence-corrected chi connectivity index (χ2v) is 8.84. The van der Waals surface area contributed by atoms with Crippen LogP contribution in [0.3, 0.4) is 0 Å². The van der Waals surface area contributed by atoms with E-state index in [2.05, 4.69) is 5.32 Å². The Labute approximate surface area is 130 Å². The van der Waals surface area contributed by atoms with Gasteiger partial charge in [-0.25, -0.2) is 8.42 Å². The molecule has 0 radical (unpaired) electrons. The molecule has 0 aromatic carbocycles. The van der Waals surface area contributed by atoms with Crippen molar-refractivity contribution in [2.45, 2.75) is 50.2 Å². The van der Waals surface area contributed by atoms with Crippen LogP contribution < -0.4 is 5.32 Å². The minimum Gasteiger partial charge on any atom is -0.464 e. The summed E-state index contributed by atoms with van der Waals surface area (Å²) < 4.78 is 32.9. The molecule has 2 aliphatic rings. The van der Waals surface area contributed by atoms with Gasteiger partial charge in [-0.3, -0.25) is 0 Å². The summed E-state index contributed by atoms with van der Waals surface area (Å²) in [7, 11) is -3.45. The number of nitrogens with zero attached hydrogens (tertiary/aromatic N) is 1. The number of hydrogen-bond acceptors (Lipinski definition) is 5. The molecule has 2 fully saturated rings. The van der Waals surface area contributed by atoms with Crippen molar-refractivity contribution >= 4 is 21.8 Å². The third-order valence-electron chi connectivity index (χ3n) is 3.96. The number of furan rings is 1. The Morgan fingerprint density at radius 2 is 2.24 bits per heavy atom. The molecule has 0 spiro atoms. The SMILES string of the molecule is Cc1oc(CNC2CC2)cc1S(=O)(=O)N1CCSCC1C. The van der Waals surface area contributed by atoms with E-state index in [-0.39, 0.29) is 6.04 Å². The Bertz CT molecular complexity index is 608. The highest BCUT2D eigenvalue weighted by Crippen LogP contribution is 2.28. The first-order chi connectivity index (χ1) is 9.98. The number of nitrogens with one attached hydrogen (secondary N) is 1. The molecule has 1 aliphatic heterocycles. The van der Waals surface area contributed by atoms with Crippen LogP contribution in [0.4, 0.5) is 0 Å². The molecule has 3 rings (SSSR count). The highest BCUT2D eigenvalue weighted by atomic mass is 32.2. The lowest BCUT2D eigenvalue weighted by Gasteiger charge is -2.31. The van der Waals surface area contributed by atoms with Gasteiger partial charge in [-0.2, -0.15) is 16.1 Å². The van der Waals surface area contributed by atoms with E-state index < -0.39 is 10.0 Å². The van der Waals surface area contributed by atoms with Crippen molar-refractivity contribution in [2.75, 3.05) is 18.1 Å². The van der Waals surface area contributed by atoms with Gasteiger partial charge in [0.2, 0.25) is 10.0 Å². The fourth-order valence-corrected chi connectivity index (χ4v) is 5.64. The van der Waals surface area contributed by atoms with Crippen LogP contribution >= 0.6 is 11.8 Å². The van der Waals surface area contributed by atoms with Gasteiger partial charge >= 0.3 is 0 Å². The molecule has 1 atom stereocenters. The van der Waals surface area contributed by atoms with Crippen molar-refractivity contribution in [3.05, 3.63) is 17.6 Å². The summed E-state index contributed by atoms with van der Waals surface area (Å²) in [6.07, 6.45) is 2.40. The van der Waals surface area contributed by atoms with Gasteiger partial charge in [-0.1, -0.05) is 0 Å². The molecule has 118 valence electrons. The van der Waals surface area contributed by atoms with Crippen LogP contribution in [-0.4, -0.2) is 42.9 Å². The first kappa shape index (κ1) is 15.4. The molecule has 21 heavy (non-hydrogen) atoms. The van der Waals surface area contributed by atoms with E-state index in [0.717, 1.165) is 11.5 Å². The van der Waals surface area contributed by atoms with Crippen LogP contribution in [0.5, 0.6) is 0 Å². The van der Waals surface area contributed by atoms with E-state index in [0.29, 0.717) is 35.5 Å². The minimum absolute atomic E-state index is 0.0380. The molecule has 1 saturated heterocycles. The van der Waals surface area contributed by atoms with Gasteiger partial charge in [0.25, 0.3) is 0 Å². The fraction of sp³-hybridized carbons (Fsp3) is 0.714. The summed E-state index contributed by atoms with van der Waals surface area (Å²) in [6.45, 7) is 4.88. The molecule has 0 amide bonds. The first-order valence-corrected chi connectivity index (χ1v) is 10.0. The average molecular weight is 330 g/mol. The van der Waals surface area contributed by atoms with Gasteiger partial charge in [0, 0.05) is 36.2 Å². The van der Waals surface area contributed by atoms with Crippen molar-refractivity contribution in [1.82, 2.24) is 9.62 Å². The Balaban J connectivity index is 1.80. The quantitative estimate of drug-likeness (QED) is 0.894. The summed E-state index contributed by atoms with van der Waals surface area (Å²) in [5.41, 5.74) is 0. The molecule has 1 aromatic heterocycles.